The minimum atomic E-state index is -3.55. The van der Waals surface area contributed by atoms with E-state index in [1.807, 2.05) is 32.0 Å². The van der Waals surface area contributed by atoms with Crippen molar-refractivity contribution in [2.75, 3.05) is 24.6 Å². The maximum atomic E-state index is 12.7. The fraction of sp³-hybridized carbons (Fsp3) is 0.429. The van der Waals surface area contributed by atoms with Gasteiger partial charge in [0.25, 0.3) is 0 Å². The van der Waals surface area contributed by atoms with Crippen molar-refractivity contribution in [1.29, 1.82) is 0 Å². The molecule has 146 valence electrons. The van der Waals surface area contributed by atoms with Crippen LogP contribution in [-0.4, -0.2) is 34.2 Å². The SMILES string of the molecule is CCCOc1ccc(S(=O)(=O)NCC2CCCN2c2ccccc2)cc1C. The van der Waals surface area contributed by atoms with Crippen molar-refractivity contribution < 1.29 is 13.2 Å². The summed E-state index contributed by atoms with van der Waals surface area (Å²) in [6, 6.07) is 15.4. The van der Waals surface area contributed by atoms with E-state index in [2.05, 4.69) is 21.8 Å². The Labute approximate surface area is 162 Å². The molecule has 1 aliphatic heterocycles. The van der Waals surface area contributed by atoms with Gasteiger partial charge >= 0.3 is 0 Å². The van der Waals surface area contributed by atoms with Crippen LogP contribution >= 0.6 is 0 Å². The Bertz CT molecular complexity index is 853. The first-order valence-corrected chi connectivity index (χ1v) is 11.0. The molecule has 0 aromatic heterocycles. The van der Waals surface area contributed by atoms with Crippen molar-refractivity contribution in [2.24, 2.45) is 0 Å². The molecule has 1 fully saturated rings. The van der Waals surface area contributed by atoms with Crippen molar-refractivity contribution in [3.8, 4) is 5.75 Å². The maximum Gasteiger partial charge on any atom is 0.240 e. The molecule has 1 N–H and O–H groups in total. The number of rotatable bonds is 8. The summed E-state index contributed by atoms with van der Waals surface area (Å²) < 4.78 is 33.9. The number of nitrogens with zero attached hydrogens (tertiary/aromatic N) is 1. The Morgan fingerprint density at radius 1 is 1.19 bits per heavy atom. The van der Waals surface area contributed by atoms with Gasteiger partial charge in [0, 0.05) is 24.8 Å². The average molecular weight is 389 g/mol. The van der Waals surface area contributed by atoms with Crippen LogP contribution < -0.4 is 14.4 Å². The largest absolute Gasteiger partial charge is 0.493 e. The van der Waals surface area contributed by atoms with E-state index in [1.165, 1.54) is 0 Å². The summed E-state index contributed by atoms with van der Waals surface area (Å²) >= 11 is 0. The van der Waals surface area contributed by atoms with Gasteiger partial charge in [0.05, 0.1) is 11.5 Å². The van der Waals surface area contributed by atoms with E-state index in [0.29, 0.717) is 13.2 Å². The molecule has 27 heavy (non-hydrogen) atoms. The van der Waals surface area contributed by atoms with E-state index < -0.39 is 10.0 Å². The van der Waals surface area contributed by atoms with Crippen molar-refractivity contribution in [3.05, 3.63) is 54.1 Å². The molecule has 0 radical (unpaired) electrons. The summed E-state index contributed by atoms with van der Waals surface area (Å²) in [7, 11) is -3.55. The number of ether oxygens (including phenoxy) is 1. The summed E-state index contributed by atoms with van der Waals surface area (Å²) in [5, 5.41) is 0. The summed E-state index contributed by atoms with van der Waals surface area (Å²) in [6.07, 6.45) is 2.98. The zero-order valence-corrected chi connectivity index (χ0v) is 16.8. The van der Waals surface area contributed by atoms with Crippen molar-refractivity contribution in [3.63, 3.8) is 0 Å². The number of benzene rings is 2. The van der Waals surface area contributed by atoms with Gasteiger partial charge in [-0.15, -0.1) is 0 Å². The van der Waals surface area contributed by atoms with Crippen LogP contribution in [0, 0.1) is 6.92 Å². The first-order valence-electron chi connectivity index (χ1n) is 9.56. The van der Waals surface area contributed by atoms with Crippen LogP contribution in [0.4, 0.5) is 5.69 Å². The summed E-state index contributed by atoms with van der Waals surface area (Å²) in [6.45, 7) is 5.91. The van der Waals surface area contributed by atoms with Crippen LogP contribution in [0.1, 0.15) is 31.7 Å². The lowest BCUT2D eigenvalue weighted by atomic mass is 10.2. The first kappa shape index (κ1) is 19.7. The standard InChI is InChI=1S/C21H28N2O3S/c1-3-14-26-21-12-11-20(15-17(21)2)27(24,25)22-16-19-10-7-13-23(19)18-8-5-4-6-9-18/h4-6,8-9,11-12,15,19,22H,3,7,10,13-14,16H2,1-2H3. The van der Waals surface area contributed by atoms with Crippen LogP contribution in [0.25, 0.3) is 0 Å². The van der Waals surface area contributed by atoms with Crippen molar-refractivity contribution in [2.45, 2.75) is 44.0 Å². The second-order valence-corrected chi connectivity index (χ2v) is 8.72. The van der Waals surface area contributed by atoms with Gasteiger partial charge in [-0.05, 0) is 62.1 Å². The molecule has 0 aliphatic carbocycles. The Hall–Kier alpha value is -2.05. The zero-order chi connectivity index (χ0) is 19.3. The van der Waals surface area contributed by atoms with E-state index in [-0.39, 0.29) is 10.9 Å². The molecular formula is C21H28N2O3S. The number of para-hydroxylation sites is 1. The highest BCUT2D eigenvalue weighted by Gasteiger charge is 2.26. The van der Waals surface area contributed by atoms with E-state index >= 15 is 0 Å². The fourth-order valence-corrected chi connectivity index (χ4v) is 4.62. The predicted molar refractivity (Wildman–Crippen MR) is 109 cm³/mol. The molecule has 2 aromatic carbocycles. The summed E-state index contributed by atoms with van der Waals surface area (Å²) in [5.74, 6) is 0.738. The predicted octanol–water partition coefficient (Wildman–Crippen LogP) is 3.73. The Morgan fingerprint density at radius 2 is 1.96 bits per heavy atom. The monoisotopic (exact) mass is 388 g/mol. The van der Waals surface area contributed by atoms with E-state index in [9.17, 15) is 8.42 Å². The Kier molecular flexibility index (Phi) is 6.39. The molecular weight excluding hydrogens is 360 g/mol. The number of hydrogen-bond acceptors (Lipinski definition) is 4. The molecule has 2 aromatic rings. The third-order valence-electron chi connectivity index (χ3n) is 4.89. The molecule has 0 spiro atoms. The summed E-state index contributed by atoms with van der Waals surface area (Å²) in [4.78, 5) is 2.57. The quantitative estimate of drug-likeness (QED) is 0.749. The molecule has 3 rings (SSSR count). The van der Waals surface area contributed by atoms with Crippen LogP contribution in [0.5, 0.6) is 5.75 Å². The summed E-state index contributed by atoms with van der Waals surface area (Å²) in [5.41, 5.74) is 1.98. The first-order chi connectivity index (χ1) is 13.0. The smallest absolute Gasteiger partial charge is 0.240 e. The molecule has 1 saturated heterocycles. The molecule has 1 unspecified atom stereocenters. The van der Waals surface area contributed by atoms with Crippen LogP contribution in [0.3, 0.4) is 0 Å². The van der Waals surface area contributed by atoms with Gasteiger partial charge < -0.3 is 9.64 Å². The molecule has 0 amide bonds. The average Bonchev–Trinajstić information content (AvgIpc) is 3.15. The molecule has 0 saturated carbocycles. The van der Waals surface area contributed by atoms with Gasteiger partial charge in [-0.2, -0.15) is 0 Å². The number of nitrogens with one attached hydrogen (secondary N) is 1. The fourth-order valence-electron chi connectivity index (χ4n) is 3.46. The molecule has 1 heterocycles. The van der Waals surface area contributed by atoms with Gasteiger partial charge in [0.1, 0.15) is 5.75 Å². The number of sulfonamides is 1. The number of anilines is 1. The normalized spacial score (nSPS) is 17.3. The lowest BCUT2D eigenvalue weighted by Crippen LogP contribution is -2.40. The number of hydrogen-bond donors (Lipinski definition) is 1. The Morgan fingerprint density at radius 3 is 2.67 bits per heavy atom. The van der Waals surface area contributed by atoms with E-state index in [0.717, 1.165) is 42.8 Å². The van der Waals surface area contributed by atoms with Crippen molar-refractivity contribution >= 4 is 15.7 Å². The lowest BCUT2D eigenvalue weighted by molar-refractivity contribution is 0.315. The number of aryl methyl sites for hydroxylation is 1. The van der Waals surface area contributed by atoms with Crippen LogP contribution in [-0.2, 0) is 10.0 Å². The van der Waals surface area contributed by atoms with Crippen molar-refractivity contribution in [1.82, 2.24) is 4.72 Å². The lowest BCUT2D eigenvalue weighted by Gasteiger charge is -2.27. The third-order valence-corrected chi connectivity index (χ3v) is 6.31. The van der Waals surface area contributed by atoms with E-state index in [4.69, 9.17) is 4.74 Å². The second kappa shape index (κ2) is 8.76. The van der Waals surface area contributed by atoms with Gasteiger partial charge in [-0.1, -0.05) is 25.1 Å². The van der Waals surface area contributed by atoms with Crippen LogP contribution in [0.15, 0.2) is 53.4 Å². The minimum absolute atomic E-state index is 0.176. The Balaban J connectivity index is 1.67. The maximum absolute atomic E-state index is 12.7. The molecule has 1 atom stereocenters. The van der Waals surface area contributed by atoms with Crippen LogP contribution in [0.2, 0.25) is 0 Å². The highest BCUT2D eigenvalue weighted by Crippen LogP contribution is 2.26. The second-order valence-electron chi connectivity index (χ2n) is 6.95. The van der Waals surface area contributed by atoms with Gasteiger partial charge in [0.15, 0.2) is 0 Å². The highest BCUT2D eigenvalue weighted by molar-refractivity contribution is 7.89. The molecule has 6 heteroatoms. The topological polar surface area (TPSA) is 58.6 Å². The molecule has 0 bridgehead atoms. The minimum Gasteiger partial charge on any atom is -0.493 e. The third kappa shape index (κ3) is 4.82. The van der Waals surface area contributed by atoms with Gasteiger partial charge in [0.2, 0.25) is 10.0 Å². The van der Waals surface area contributed by atoms with Gasteiger partial charge in [-0.25, -0.2) is 13.1 Å². The molecule has 5 nitrogen and oxygen atoms in total. The highest BCUT2D eigenvalue weighted by atomic mass is 32.2. The van der Waals surface area contributed by atoms with Gasteiger partial charge in [-0.3, -0.25) is 0 Å². The molecule has 1 aliphatic rings. The zero-order valence-electron chi connectivity index (χ0n) is 16.0. The van der Waals surface area contributed by atoms with E-state index in [1.54, 1.807) is 18.2 Å².